The largest absolute Gasteiger partial charge is 0.495 e. The number of hydrogen-bond donors (Lipinski definition) is 0. The Morgan fingerprint density at radius 3 is 2.88 bits per heavy atom. The molecule has 17 heavy (non-hydrogen) atoms. The number of allylic oxidation sites excluding steroid dienone is 1. The number of fused-ring (bicyclic) bond motifs is 1. The van der Waals surface area contributed by atoms with Gasteiger partial charge in [-0.05, 0) is 18.6 Å². The highest BCUT2D eigenvalue weighted by molar-refractivity contribution is 5.87. The molecule has 0 atom stereocenters. The van der Waals surface area contributed by atoms with Gasteiger partial charge in [-0.15, -0.1) is 6.58 Å². The molecule has 0 spiro atoms. The van der Waals surface area contributed by atoms with Gasteiger partial charge in [0, 0.05) is 18.0 Å². The highest BCUT2D eigenvalue weighted by atomic mass is 16.5. The number of para-hydroxylation sites is 1. The van der Waals surface area contributed by atoms with E-state index in [1.165, 1.54) is 0 Å². The quantitative estimate of drug-likeness (QED) is 0.757. The average molecular weight is 229 g/mol. The summed E-state index contributed by atoms with van der Waals surface area (Å²) in [5, 5.41) is 1.03. The van der Waals surface area contributed by atoms with E-state index in [1.807, 2.05) is 25.1 Å². The van der Waals surface area contributed by atoms with Gasteiger partial charge in [0.25, 0.3) is 5.56 Å². The van der Waals surface area contributed by atoms with Gasteiger partial charge in [-0.25, -0.2) is 0 Å². The van der Waals surface area contributed by atoms with Crippen molar-refractivity contribution in [1.82, 2.24) is 4.57 Å². The Labute approximate surface area is 100.0 Å². The second kappa shape index (κ2) is 4.45. The fourth-order valence-corrected chi connectivity index (χ4v) is 2.05. The van der Waals surface area contributed by atoms with Crippen LogP contribution < -0.4 is 10.3 Å². The van der Waals surface area contributed by atoms with E-state index in [4.69, 9.17) is 4.74 Å². The van der Waals surface area contributed by atoms with Crippen LogP contribution in [0.5, 0.6) is 5.75 Å². The fraction of sp³-hybridized carbons (Fsp3) is 0.214. The molecule has 0 aliphatic rings. The summed E-state index contributed by atoms with van der Waals surface area (Å²) >= 11 is 0. The summed E-state index contributed by atoms with van der Waals surface area (Å²) in [5.41, 5.74) is 1.77. The number of pyridine rings is 1. The maximum absolute atomic E-state index is 12.0. The van der Waals surface area contributed by atoms with Crippen molar-refractivity contribution < 1.29 is 4.74 Å². The van der Waals surface area contributed by atoms with Crippen LogP contribution in [-0.2, 0) is 6.54 Å². The summed E-state index contributed by atoms with van der Waals surface area (Å²) in [5.74, 6) is 0.713. The maximum atomic E-state index is 12.0. The first-order valence-corrected chi connectivity index (χ1v) is 5.47. The van der Waals surface area contributed by atoms with Gasteiger partial charge in [-0.3, -0.25) is 4.79 Å². The van der Waals surface area contributed by atoms with Crippen molar-refractivity contribution in [2.24, 2.45) is 0 Å². The molecular weight excluding hydrogens is 214 g/mol. The van der Waals surface area contributed by atoms with Gasteiger partial charge < -0.3 is 9.30 Å². The summed E-state index contributed by atoms with van der Waals surface area (Å²) in [6.07, 6.45) is 1.71. The summed E-state index contributed by atoms with van der Waals surface area (Å²) in [4.78, 5) is 12.0. The van der Waals surface area contributed by atoms with E-state index < -0.39 is 0 Å². The molecule has 88 valence electrons. The van der Waals surface area contributed by atoms with Crippen LogP contribution in [-0.4, -0.2) is 11.7 Å². The van der Waals surface area contributed by atoms with Gasteiger partial charge in [-0.2, -0.15) is 0 Å². The van der Waals surface area contributed by atoms with Gasteiger partial charge in [0.05, 0.1) is 12.6 Å². The molecule has 0 saturated heterocycles. The van der Waals surface area contributed by atoms with Crippen molar-refractivity contribution >= 4 is 10.9 Å². The van der Waals surface area contributed by atoms with Crippen LogP contribution >= 0.6 is 0 Å². The Kier molecular flexibility index (Phi) is 3.00. The first-order chi connectivity index (χ1) is 8.19. The molecule has 0 unspecified atom stereocenters. The molecule has 3 nitrogen and oxygen atoms in total. The molecule has 1 aromatic heterocycles. The number of aromatic nitrogens is 1. The second-order valence-corrected chi connectivity index (χ2v) is 3.92. The molecular formula is C14H15NO2. The summed E-state index contributed by atoms with van der Waals surface area (Å²) in [6.45, 7) is 6.10. The van der Waals surface area contributed by atoms with Crippen molar-refractivity contribution in [2.75, 3.05) is 7.11 Å². The lowest BCUT2D eigenvalue weighted by Crippen LogP contribution is -2.20. The lowest BCUT2D eigenvalue weighted by molar-refractivity contribution is 0.417. The van der Waals surface area contributed by atoms with E-state index in [0.29, 0.717) is 12.3 Å². The van der Waals surface area contributed by atoms with E-state index in [1.54, 1.807) is 23.8 Å². The molecule has 0 bridgehead atoms. The Balaban J connectivity index is 2.95. The van der Waals surface area contributed by atoms with Gasteiger partial charge in [0.15, 0.2) is 0 Å². The number of nitrogens with zero attached hydrogens (tertiary/aromatic N) is 1. The van der Waals surface area contributed by atoms with Crippen LogP contribution in [0.3, 0.4) is 0 Å². The predicted octanol–water partition coefficient (Wildman–Crippen LogP) is 2.50. The summed E-state index contributed by atoms with van der Waals surface area (Å²) < 4.78 is 7.01. The lowest BCUT2D eigenvalue weighted by Gasteiger charge is -2.13. The Hall–Kier alpha value is -2.03. The van der Waals surface area contributed by atoms with E-state index in [9.17, 15) is 4.79 Å². The first-order valence-electron chi connectivity index (χ1n) is 5.47. The monoisotopic (exact) mass is 229 g/mol. The fourth-order valence-electron chi connectivity index (χ4n) is 2.05. The maximum Gasteiger partial charge on any atom is 0.251 e. The number of hydrogen-bond acceptors (Lipinski definition) is 2. The molecule has 2 rings (SSSR count). The SMILES string of the molecule is C=CCn1c(=O)cc(C)c2cccc(OC)c21. The molecule has 0 N–H and O–H groups in total. The highest BCUT2D eigenvalue weighted by Crippen LogP contribution is 2.26. The standard InChI is InChI=1S/C14H15NO2/c1-4-8-15-13(16)9-10(2)11-6-5-7-12(17-3)14(11)15/h4-7,9H,1,8H2,2-3H3. The van der Waals surface area contributed by atoms with E-state index in [2.05, 4.69) is 6.58 Å². The third-order valence-electron chi connectivity index (χ3n) is 2.83. The zero-order chi connectivity index (χ0) is 12.4. The van der Waals surface area contributed by atoms with E-state index in [0.717, 1.165) is 16.5 Å². The minimum atomic E-state index is -0.0283. The van der Waals surface area contributed by atoms with Crippen LogP contribution in [0.25, 0.3) is 10.9 Å². The van der Waals surface area contributed by atoms with Gasteiger partial charge >= 0.3 is 0 Å². The molecule has 1 aromatic carbocycles. The van der Waals surface area contributed by atoms with Crippen LogP contribution in [0, 0.1) is 6.92 Å². The molecule has 0 fully saturated rings. The molecule has 0 aliphatic carbocycles. The van der Waals surface area contributed by atoms with Gasteiger partial charge in [0.2, 0.25) is 0 Å². The minimum absolute atomic E-state index is 0.0283. The van der Waals surface area contributed by atoms with E-state index >= 15 is 0 Å². The number of aryl methyl sites for hydroxylation is 1. The molecule has 1 heterocycles. The van der Waals surface area contributed by atoms with Gasteiger partial charge in [-0.1, -0.05) is 18.2 Å². The first kappa shape index (κ1) is 11.5. The van der Waals surface area contributed by atoms with Crippen LogP contribution in [0.4, 0.5) is 0 Å². The van der Waals surface area contributed by atoms with Crippen molar-refractivity contribution in [1.29, 1.82) is 0 Å². The van der Waals surface area contributed by atoms with E-state index in [-0.39, 0.29) is 5.56 Å². The zero-order valence-corrected chi connectivity index (χ0v) is 10.1. The molecule has 0 aliphatic heterocycles. The highest BCUT2D eigenvalue weighted by Gasteiger charge is 2.09. The summed E-state index contributed by atoms with van der Waals surface area (Å²) in [7, 11) is 1.61. The lowest BCUT2D eigenvalue weighted by atomic mass is 10.1. The van der Waals surface area contributed by atoms with Crippen LogP contribution in [0.1, 0.15) is 5.56 Å². The zero-order valence-electron chi connectivity index (χ0n) is 10.1. The van der Waals surface area contributed by atoms with Crippen molar-refractivity contribution in [2.45, 2.75) is 13.5 Å². The third-order valence-corrected chi connectivity index (χ3v) is 2.83. The Morgan fingerprint density at radius 1 is 1.47 bits per heavy atom. The van der Waals surface area contributed by atoms with Crippen molar-refractivity contribution in [3.63, 3.8) is 0 Å². The molecule has 3 heteroatoms. The summed E-state index contributed by atoms with van der Waals surface area (Å²) in [6, 6.07) is 7.43. The average Bonchev–Trinajstić information content (AvgIpc) is 2.33. The second-order valence-electron chi connectivity index (χ2n) is 3.92. The van der Waals surface area contributed by atoms with Crippen LogP contribution in [0.15, 0.2) is 41.7 Å². The van der Waals surface area contributed by atoms with Crippen molar-refractivity contribution in [3.05, 3.63) is 52.8 Å². The normalized spacial score (nSPS) is 10.5. The Morgan fingerprint density at radius 2 is 2.24 bits per heavy atom. The Bertz CT molecular complexity index is 626. The smallest absolute Gasteiger partial charge is 0.251 e. The molecule has 2 aromatic rings. The van der Waals surface area contributed by atoms with Gasteiger partial charge in [0.1, 0.15) is 5.75 Å². The molecule has 0 radical (unpaired) electrons. The molecule has 0 saturated carbocycles. The molecule has 0 amide bonds. The minimum Gasteiger partial charge on any atom is -0.495 e. The number of benzene rings is 1. The third kappa shape index (κ3) is 1.84. The topological polar surface area (TPSA) is 31.2 Å². The van der Waals surface area contributed by atoms with Crippen LogP contribution in [0.2, 0.25) is 0 Å². The number of methoxy groups -OCH3 is 1. The predicted molar refractivity (Wildman–Crippen MR) is 69.7 cm³/mol. The number of ether oxygens (including phenoxy) is 1. The van der Waals surface area contributed by atoms with Crippen molar-refractivity contribution in [3.8, 4) is 5.75 Å². The number of rotatable bonds is 3.